The molecule has 2 atom stereocenters. The van der Waals surface area contributed by atoms with Gasteiger partial charge in [0.2, 0.25) is 6.10 Å². The first kappa shape index (κ1) is 34.2. The number of carbonyl (C=O) groups excluding carboxylic acids is 2. The van der Waals surface area contributed by atoms with Gasteiger partial charge in [-0.15, -0.1) is 13.2 Å². The number of alkyl halides is 3. The second-order valence-corrected chi connectivity index (χ2v) is 12.4. The van der Waals surface area contributed by atoms with Crippen LogP contribution >= 0.6 is 23.5 Å². The molecule has 3 aromatic carbocycles. The van der Waals surface area contributed by atoms with Crippen molar-refractivity contribution in [2.24, 2.45) is 5.16 Å². The lowest BCUT2D eigenvalue weighted by Gasteiger charge is -2.27. The molecule has 1 saturated carbocycles. The summed E-state index contributed by atoms with van der Waals surface area (Å²) in [5, 5.41) is 7.99. The number of halogens is 4. The number of methoxy groups -OCH3 is 1. The number of rotatable bonds is 12. The standard InChI is InChI=1S/C33H34ClF3N4O5S/c1-5-28(30(42)40-47-4)46-39-19(2)21-14-23(16-25(15-21)44-3)38-29(20-6-8-22(34)9-7-20)31(43)41-18-32(12-13-32)26-11-10-24(17-27(26)41)45-33(35,36)37/h6-11,14-17,28-29,38H,5,12-13,18H2,1-4H3,(H,40,42)/b39-19+. The highest BCUT2D eigenvalue weighted by atomic mass is 35.5. The van der Waals surface area contributed by atoms with Crippen LogP contribution in [0, 0.1) is 0 Å². The van der Waals surface area contributed by atoms with E-state index in [1.807, 2.05) is 6.92 Å². The minimum absolute atomic E-state index is 0.300. The third-order valence-electron chi connectivity index (χ3n) is 8.15. The number of nitrogens with zero attached hydrogens (tertiary/aromatic N) is 2. The molecule has 2 amide bonds. The average Bonchev–Trinajstić information content (AvgIpc) is 3.75. The average molecular weight is 691 g/mol. The number of nitrogens with one attached hydrogen (secondary N) is 2. The van der Waals surface area contributed by atoms with Crippen LogP contribution in [0.15, 0.2) is 65.8 Å². The first-order chi connectivity index (χ1) is 22.4. The van der Waals surface area contributed by atoms with Crippen molar-refractivity contribution in [3.63, 3.8) is 0 Å². The van der Waals surface area contributed by atoms with Crippen molar-refractivity contribution in [2.75, 3.05) is 30.1 Å². The molecule has 5 rings (SSSR count). The zero-order valence-electron chi connectivity index (χ0n) is 26.1. The minimum Gasteiger partial charge on any atom is -0.497 e. The highest BCUT2D eigenvalue weighted by Gasteiger charge is 2.54. The summed E-state index contributed by atoms with van der Waals surface area (Å²) in [6, 6.07) is 15.2. The number of ether oxygens (including phenoxy) is 2. The van der Waals surface area contributed by atoms with Gasteiger partial charge >= 0.3 is 6.36 Å². The van der Waals surface area contributed by atoms with E-state index in [1.54, 1.807) is 61.7 Å². The Morgan fingerprint density at radius 1 is 1.09 bits per heavy atom. The van der Waals surface area contributed by atoms with Gasteiger partial charge in [0.15, 0.2) is 0 Å². The predicted octanol–water partition coefficient (Wildman–Crippen LogP) is 7.39. The molecule has 9 nitrogen and oxygen atoms in total. The summed E-state index contributed by atoms with van der Waals surface area (Å²) in [6.07, 6.45) is -1.88. The van der Waals surface area contributed by atoms with Gasteiger partial charge in [0, 0.05) is 46.6 Å². The van der Waals surface area contributed by atoms with E-state index in [2.05, 4.69) is 19.9 Å². The summed E-state index contributed by atoms with van der Waals surface area (Å²) in [4.78, 5) is 33.8. The Kier molecular flexibility index (Phi) is 10.2. The van der Waals surface area contributed by atoms with E-state index in [9.17, 15) is 22.8 Å². The van der Waals surface area contributed by atoms with Crippen molar-refractivity contribution in [3.05, 3.63) is 82.4 Å². The fourth-order valence-electron chi connectivity index (χ4n) is 5.57. The van der Waals surface area contributed by atoms with E-state index in [1.165, 1.54) is 36.1 Å². The van der Waals surface area contributed by atoms with Gasteiger partial charge in [-0.05, 0) is 67.6 Å². The fraction of sp³-hybridized carbons (Fsp3) is 0.364. The largest absolute Gasteiger partial charge is 0.573 e. The van der Waals surface area contributed by atoms with Gasteiger partial charge in [-0.25, -0.2) is 0 Å². The Balaban J connectivity index is 1.48. The first-order valence-electron chi connectivity index (χ1n) is 14.8. The van der Waals surface area contributed by atoms with Crippen molar-refractivity contribution in [1.82, 2.24) is 4.72 Å². The van der Waals surface area contributed by atoms with E-state index in [0.717, 1.165) is 18.4 Å². The predicted molar refractivity (Wildman–Crippen MR) is 176 cm³/mol. The Hall–Kier alpha value is -4.10. The van der Waals surface area contributed by atoms with Crippen LogP contribution in [0.4, 0.5) is 24.5 Å². The number of benzene rings is 3. The lowest BCUT2D eigenvalue weighted by Crippen LogP contribution is -2.38. The molecule has 1 spiro atoms. The van der Waals surface area contributed by atoms with Crippen molar-refractivity contribution in [2.45, 2.75) is 57.0 Å². The van der Waals surface area contributed by atoms with E-state index in [-0.39, 0.29) is 17.2 Å². The molecule has 14 heteroatoms. The van der Waals surface area contributed by atoms with Gasteiger partial charge in [-0.3, -0.25) is 14.3 Å². The van der Waals surface area contributed by atoms with Crippen molar-refractivity contribution in [1.29, 1.82) is 0 Å². The molecule has 250 valence electrons. The normalized spacial score (nSPS) is 16.3. The van der Waals surface area contributed by atoms with Gasteiger partial charge in [0.05, 0.1) is 18.5 Å². The van der Waals surface area contributed by atoms with E-state index in [0.29, 0.717) is 52.0 Å². The number of anilines is 2. The Bertz CT molecular complexity index is 1670. The molecular weight excluding hydrogens is 657 g/mol. The fourth-order valence-corrected chi connectivity index (χ4v) is 6.03. The summed E-state index contributed by atoms with van der Waals surface area (Å²) in [6.45, 7) is 3.86. The number of carbonyl (C=O) groups is 2. The molecule has 3 aromatic rings. The van der Waals surface area contributed by atoms with Crippen LogP contribution in [0.2, 0.25) is 5.02 Å². The zero-order chi connectivity index (χ0) is 33.9. The highest BCUT2D eigenvalue weighted by molar-refractivity contribution is 7.97. The topological polar surface area (TPSA) is 101 Å². The summed E-state index contributed by atoms with van der Waals surface area (Å²) in [5.74, 6) is -0.604. The molecule has 2 aliphatic rings. The second-order valence-electron chi connectivity index (χ2n) is 11.4. The SMILES string of the molecule is CCC(O/N=C(\C)c1cc(NC(C(=O)N2CC3(CC3)c3ccc(OC(F)(F)F)cc32)c2ccc(Cl)cc2)cc(OC)c1)C(=O)NSC. The monoisotopic (exact) mass is 690 g/mol. The van der Waals surface area contributed by atoms with E-state index < -0.39 is 24.3 Å². The number of amides is 2. The van der Waals surface area contributed by atoms with Crippen molar-refractivity contribution < 1.29 is 37.1 Å². The number of fused-ring (bicyclic) bond motifs is 2. The van der Waals surface area contributed by atoms with Crippen LogP contribution in [0.1, 0.15) is 55.8 Å². The molecule has 1 fully saturated rings. The molecular formula is C33H34ClF3N4O5S. The van der Waals surface area contributed by atoms with Crippen molar-refractivity contribution in [3.8, 4) is 11.5 Å². The van der Waals surface area contributed by atoms with Gasteiger partial charge in [-0.1, -0.05) is 53.8 Å². The third-order valence-corrected chi connectivity index (χ3v) is 8.81. The maximum absolute atomic E-state index is 14.5. The Morgan fingerprint density at radius 3 is 2.43 bits per heavy atom. The molecule has 2 N–H and O–H groups in total. The molecule has 0 saturated heterocycles. The molecule has 1 aliphatic carbocycles. The highest BCUT2D eigenvalue weighted by Crippen LogP contribution is 2.57. The second kappa shape index (κ2) is 13.9. The van der Waals surface area contributed by atoms with E-state index >= 15 is 0 Å². The van der Waals surface area contributed by atoms with Crippen LogP contribution in [0.3, 0.4) is 0 Å². The maximum atomic E-state index is 14.5. The van der Waals surface area contributed by atoms with Gasteiger partial charge in [-0.2, -0.15) is 0 Å². The van der Waals surface area contributed by atoms with Gasteiger partial charge in [0.1, 0.15) is 17.5 Å². The first-order valence-corrected chi connectivity index (χ1v) is 16.4. The molecule has 2 unspecified atom stereocenters. The van der Waals surface area contributed by atoms with Crippen molar-refractivity contribution >= 4 is 52.4 Å². The number of hydrogen-bond donors (Lipinski definition) is 2. The van der Waals surface area contributed by atoms with Gasteiger partial charge < -0.3 is 24.5 Å². The zero-order valence-corrected chi connectivity index (χ0v) is 27.7. The Labute approximate surface area is 279 Å². The molecule has 0 aromatic heterocycles. The lowest BCUT2D eigenvalue weighted by molar-refractivity contribution is -0.274. The van der Waals surface area contributed by atoms with Crippen LogP contribution in [0.5, 0.6) is 11.5 Å². The smallest absolute Gasteiger partial charge is 0.497 e. The molecule has 1 heterocycles. The van der Waals surface area contributed by atoms with Crippen LogP contribution < -0.4 is 24.4 Å². The quantitative estimate of drug-likeness (QED) is 0.116. The number of oxime groups is 1. The summed E-state index contributed by atoms with van der Waals surface area (Å²) < 4.78 is 51.7. The van der Waals surface area contributed by atoms with Crippen LogP contribution in [0.25, 0.3) is 0 Å². The van der Waals surface area contributed by atoms with Crippen LogP contribution in [-0.4, -0.2) is 49.9 Å². The number of hydrogen-bond acceptors (Lipinski definition) is 8. The van der Waals surface area contributed by atoms with Gasteiger partial charge in [0.25, 0.3) is 11.8 Å². The minimum atomic E-state index is -4.87. The summed E-state index contributed by atoms with van der Waals surface area (Å²) >= 11 is 7.34. The lowest BCUT2D eigenvalue weighted by atomic mass is 9.99. The summed E-state index contributed by atoms with van der Waals surface area (Å²) in [5.41, 5.74) is 3.06. The molecule has 47 heavy (non-hydrogen) atoms. The maximum Gasteiger partial charge on any atom is 0.573 e. The molecule has 0 bridgehead atoms. The molecule has 0 radical (unpaired) electrons. The third kappa shape index (κ3) is 7.90. The van der Waals surface area contributed by atoms with E-state index in [4.69, 9.17) is 21.2 Å². The summed E-state index contributed by atoms with van der Waals surface area (Å²) in [7, 11) is 1.50. The molecule has 1 aliphatic heterocycles. The Morgan fingerprint density at radius 2 is 1.81 bits per heavy atom. The van der Waals surface area contributed by atoms with Crippen LogP contribution in [-0.2, 0) is 19.8 Å².